The summed E-state index contributed by atoms with van der Waals surface area (Å²) in [6.45, 7) is 1.28. The summed E-state index contributed by atoms with van der Waals surface area (Å²) in [5.41, 5.74) is 4.63. The molecule has 15 heavy (non-hydrogen) atoms. The standard InChI is InChI=1S/C9H8Cl2N2O2/c1-5(14)12-13-9(15)6-2-7(10)4-8(11)3-6/h2-4H,1H3,(H,12,14)(H,13,15). The molecule has 6 heteroatoms. The third kappa shape index (κ3) is 3.77. The minimum absolute atomic E-state index is 0.279. The van der Waals surface area contributed by atoms with Crippen molar-refractivity contribution in [1.82, 2.24) is 10.9 Å². The van der Waals surface area contributed by atoms with E-state index in [1.165, 1.54) is 25.1 Å². The van der Waals surface area contributed by atoms with Crippen LogP contribution < -0.4 is 10.9 Å². The molecule has 2 N–H and O–H groups in total. The van der Waals surface area contributed by atoms with E-state index in [9.17, 15) is 9.59 Å². The van der Waals surface area contributed by atoms with E-state index < -0.39 is 5.91 Å². The number of hydrogen-bond donors (Lipinski definition) is 2. The van der Waals surface area contributed by atoms with Crippen molar-refractivity contribution in [1.29, 1.82) is 0 Å². The molecule has 0 unspecified atom stereocenters. The van der Waals surface area contributed by atoms with E-state index in [-0.39, 0.29) is 11.5 Å². The first-order valence-corrected chi connectivity index (χ1v) is 4.77. The number of carbonyl (C=O) groups excluding carboxylic acids is 2. The molecule has 0 atom stereocenters. The number of halogens is 2. The van der Waals surface area contributed by atoms with Gasteiger partial charge in [-0.3, -0.25) is 20.4 Å². The van der Waals surface area contributed by atoms with Crippen LogP contribution in [0.25, 0.3) is 0 Å². The lowest BCUT2D eigenvalue weighted by Gasteiger charge is -2.05. The molecule has 0 aromatic heterocycles. The molecule has 1 aromatic carbocycles. The van der Waals surface area contributed by atoms with Crippen LogP contribution in [0.15, 0.2) is 18.2 Å². The molecule has 0 heterocycles. The molecule has 0 saturated carbocycles. The zero-order valence-electron chi connectivity index (χ0n) is 7.80. The molecule has 1 rings (SSSR count). The van der Waals surface area contributed by atoms with Gasteiger partial charge in [0.15, 0.2) is 0 Å². The van der Waals surface area contributed by atoms with Crippen molar-refractivity contribution < 1.29 is 9.59 Å². The Morgan fingerprint density at radius 1 is 1.07 bits per heavy atom. The molecule has 0 spiro atoms. The topological polar surface area (TPSA) is 58.2 Å². The van der Waals surface area contributed by atoms with Gasteiger partial charge in [0, 0.05) is 22.5 Å². The van der Waals surface area contributed by atoms with Gasteiger partial charge in [0.05, 0.1) is 0 Å². The Hall–Kier alpha value is -1.26. The predicted octanol–water partition coefficient (Wildman–Crippen LogP) is 1.77. The smallest absolute Gasteiger partial charge is 0.269 e. The van der Waals surface area contributed by atoms with Gasteiger partial charge >= 0.3 is 0 Å². The average molecular weight is 247 g/mol. The van der Waals surface area contributed by atoms with Gasteiger partial charge in [-0.2, -0.15) is 0 Å². The van der Waals surface area contributed by atoms with Crippen molar-refractivity contribution in [3.8, 4) is 0 Å². The molecule has 0 aliphatic heterocycles. The van der Waals surface area contributed by atoms with Crippen molar-refractivity contribution in [3.05, 3.63) is 33.8 Å². The number of nitrogens with one attached hydrogen (secondary N) is 2. The van der Waals surface area contributed by atoms with Crippen LogP contribution in [0, 0.1) is 0 Å². The summed E-state index contributed by atoms with van der Waals surface area (Å²) in [4.78, 5) is 21.9. The lowest BCUT2D eigenvalue weighted by molar-refractivity contribution is -0.119. The second-order valence-corrected chi connectivity index (χ2v) is 3.67. The highest BCUT2D eigenvalue weighted by molar-refractivity contribution is 6.35. The minimum atomic E-state index is -0.477. The molecule has 2 amide bonds. The van der Waals surface area contributed by atoms with E-state index in [4.69, 9.17) is 23.2 Å². The Morgan fingerprint density at radius 3 is 2.07 bits per heavy atom. The fraction of sp³-hybridized carbons (Fsp3) is 0.111. The highest BCUT2D eigenvalue weighted by Crippen LogP contribution is 2.18. The Labute approximate surface area is 96.5 Å². The van der Waals surface area contributed by atoms with Crippen LogP contribution in [0.2, 0.25) is 10.0 Å². The molecule has 0 saturated heterocycles. The lowest BCUT2D eigenvalue weighted by Crippen LogP contribution is -2.40. The van der Waals surface area contributed by atoms with Crippen molar-refractivity contribution in [2.75, 3.05) is 0 Å². The first-order valence-electron chi connectivity index (χ1n) is 4.02. The first kappa shape index (κ1) is 11.8. The van der Waals surface area contributed by atoms with Gasteiger partial charge in [-0.15, -0.1) is 0 Å². The molecule has 4 nitrogen and oxygen atoms in total. The molecule has 0 aliphatic rings. The number of hydrazine groups is 1. The van der Waals surface area contributed by atoms with E-state index in [2.05, 4.69) is 10.9 Å². The van der Waals surface area contributed by atoms with Crippen LogP contribution in [-0.4, -0.2) is 11.8 Å². The van der Waals surface area contributed by atoms with Gasteiger partial charge in [0.2, 0.25) is 5.91 Å². The Kier molecular flexibility index (Phi) is 3.94. The van der Waals surface area contributed by atoms with E-state index in [1.54, 1.807) is 0 Å². The fourth-order valence-corrected chi connectivity index (χ4v) is 1.43. The van der Waals surface area contributed by atoms with Crippen LogP contribution in [0.4, 0.5) is 0 Å². The molecular formula is C9H8Cl2N2O2. The number of carbonyl (C=O) groups is 2. The monoisotopic (exact) mass is 246 g/mol. The van der Waals surface area contributed by atoms with Crippen LogP contribution in [-0.2, 0) is 4.79 Å². The van der Waals surface area contributed by atoms with Crippen molar-refractivity contribution in [2.45, 2.75) is 6.92 Å². The summed E-state index contributed by atoms with van der Waals surface area (Å²) >= 11 is 11.4. The Morgan fingerprint density at radius 2 is 1.60 bits per heavy atom. The second kappa shape index (κ2) is 5.00. The molecular weight excluding hydrogens is 239 g/mol. The van der Waals surface area contributed by atoms with Crippen LogP contribution in [0.3, 0.4) is 0 Å². The highest BCUT2D eigenvalue weighted by Gasteiger charge is 2.07. The van der Waals surface area contributed by atoms with Gasteiger partial charge < -0.3 is 0 Å². The van der Waals surface area contributed by atoms with Crippen molar-refractivity contribution >= 4 is 35.0 Å². The average Bonchev–Trinajstić information content (AvgIpc) is 2.12. The van der Waals surface area contributed by atoms with Crippen molar-refractivity contribution in [2.24, 2.45) is 0 Å². The summed E-state index contributed by atoms with van der Waals surface area (Å²) < 4.78 is 0. The molecule has 0 bridgehead atoms. The summed E-state index contributed by atoms with van der Waals surface area (Å²) in [5.74, 6) is -0.842. The van der Waals surface area contributed by atoms with Gasteiger partial charge in [0.1, 0.15) is 0 Å². The first-order chi connectivity index (χ1) is 6.99. The minimum Gasteiger partial charge on any atom is -0.274 e. The van der Waals surface area contributed by atoms with Gasteiger partial charge in [-0.25, -0.2) is 0 Å². The lowest BCUT2D eigenvalue weighted by atomic mass is 10.2. The number of hydrogen-bond acceptors (Lipinski definition) is 2. The predicted molar refractivity (Wildman–Crippen MR) is 57.7 cm³/mol. The Bertz CT molecular complexity index is 387. The van der Waals surface area contributed by atoms with Gasteiger partial charge in [-0.1, -0.05) is 23.2 Å². The largest absolute Gasteiger partial charge is 0.274 e. The second-order valence-electron chi connectivity index (χ2n) is 2.79. The number of amides is 2. The van der Waals surface area contributed by atoms with Crippen LogP contribution in [0.1, 0.15) is 17.3 Å². The zero-order valence-corrected chi connectivity index (χ0v) is 9.32. The van der Waals surface area contributed by atoms with E-state index in [0.29, 0.717) is 10.0 Å². The Balaban J connectivity index is 2.77. The summed E-state index contributed by atoms with van der Waals surface area (Å²) in [5, 5.41) is 0.714. The van der Waals surface area contributed by atoms with Crippen molar-refractivity contribution in [3.63, 3.8) is 0 Å². The third-order valence-corrected chi connectivity index (χ3v) is 1.91. The molecule has 0 radical (unpaired) electrons. The van der Waals surface area contributed by atoms with Crippen LogP contribution in [0.5, 0.6) is 0 Å². The zero-order chi connectivity index (χ0) is 11.4. The number of rotatable bonds is 1. The molecule has 0 aliphatic carbocycles. The normalized spacial score (nSPS) is 9.53. The quantitative estimate of drug-likeness (QED) is 0.743. The van der Waals surface area contributed by atoms with E-state index in [0.717, 1.165) is 0 Å². The van der Waals surface area contributed by atoms with Crippen LogP contribution >= 0.6 is 23.2 Å². The maximum absolute atomic E-state index is 11.4. The SMILES string of the molecule is CC(=O)NNC(=O)c1cc(Cl)cc(Cl)c1. The summed E-state index contributed by atoms with van der Waals surface area (Å²) in [7, 11) is 0. The maximum atomic E-state index is 11.4. The van der Waals surface area contributed by atoms with Gasteiger partial charge in [-0.05, 0) is 18.2 Å². The van der Waals surface area contributed by atoms with Gasteiger partial charge in [0.25, 0.3) is 5.91 Å². The molecule has 0 fully saturated rings. The maximum Gasteiger partial charge on any atom is 0.269 e. The fourth-order valence-electron chi connectivity index (χ4n) is 0.902. The molecule has 80 valence electrons. The van der Waals surface area contributed by atoms with E-state index >= 15 is 0 Å². The van der Waals surface area contributed by atoms with E-state index in [1.807, 2.05) is 0 Å². The summed E-state index contributed by atoms with van der Waals surface area (Å²) in [6.07, 6.45) is 0. The number of benzene rings is 1. The third-order valence-electron chi connectivity index (χ3n) is 1.48. The summed E-state index contributed by atoms with van der Waals surface area (Å²) in [6, 6.07) is 4.41. The highest BCUT2D eigenvalue weighted by atomic mass is 35.5. The molecule has 1 aromatic rings.